The highest BCUT2D eigenvalue weighted by Crippen LogP contribution is 2.15. The van der Waals surface area contributed by atoms with E-state index in [9.17, 15) is 4.79 Å². The molecule has 94 valence electrons. The van der Waals surface area contributed by atoms with Gasteiger partial charge in [-0.05, 0) is 36.1 Å². The van der Waals surface area contributed by atoms with Gasteiger partial charge in [-0.15, -0.1) is 0 Å². The molecule has 0 radical (unpaired) electrons. The fourth-order valence-electron chi connectivity index (χ4n) is 1.69. The number of carboxylic acids is 1. The van der Waals surface area contributed by atoms with Crippen LogP contribution in [-0.2, 0) is 11.3 Å². The van der Waals surface area contributed by atoms with Crippen LogP contribution in [0.5, 0.6) is 0 Å². The van der Waals surface area contributed by atoms with Gasteiger partial charge in [-0.2, -0.15) is 0 Å². The average Bonchev–Trinajstić information content (AvgIpc) is 2.20. The Labute approximate surface area is 107 Å². The summed E-state index contributed by atoms with van der Waals surface area (Å²) in [6.45, 7) is 6.28. The van der Waals surface area contributed by atoms with E-state index in [1.165, 1.54) is 0 Å². The minimum atomic E-state index is -0.813. The van der Waals surface area contributed by atoms with Crippen LogP contribution in [-0.4, -0.2) is 17.1 Å². The quantitative estimate of drug-likeness (QED) is 0.851. The van der Waals surface area contributed by atoms with Crippen LogP contribution >= 0.6 is 11.6 Å². The molecule has 0 saturated carbocycles. The van der Waals surface area contributed by atoms with Gasteiger partial charge in [0.1, 0.15) is 6.04 Å². The molecule has 0 bridgehead atoms. The van der Waals surface area contributed by atoms with Gasteiger partial charge in [0.25, 0.3) is 0 Å². The lowest BCUT2D eigenvalue weighted by Gasteiger charge is -2.18. The van der Waals surface area contributed by atoms with E-state index >= 15 is 0 Å². The lowest BCUT2D eigenvalue weighted by Crippen LogP contribution is -2.40. The molecule has 4 heteroatoms. The number of halogens is 1. The van der Waals surface area contributed by atoms with Crippen LogP contribution in [0.25, 0.3) is 0 Å². The number of benzene rings is 1. The normalized spacial score (nSPS) is 12.8. The molecule has 1 aromatic carbocycles. The highest BCUT2D eigenvalue weighted by molar-refractivity contribution is 6.30. The number of hydrogen-bond donors (Lipinski definition) is 2. The number of hydrogen-bond acceptors (Lipinski definition) is 2. The van der Waals surface area contributed by atoms with E-state index in [1.807, 2.05) is 39.0 Å². The maximum atomic E-state index is 11.0. The van der Waals surface area contributed by atoms with Crippen LogP contribution < -0.4 is 5.32 Å². The van der Waals surface area contributed by atoms with E-state index in [0.29, 0.717) is 11.6 Å². The first kappa shape index (κ1) is 14.0. The Morgan fingerprint density at radius 3 is 2.59 bits per heavy atom. The topological polar surface area (TPSA) is 49.3 Å². The molecule has 0 aromatic heterocycles. The first-order valence-corrected chi connectivity index (χ1v) is 6.01. The predicted octanol–water partition coefficient (Wildman–Crippen LogP) is 2.85. The molecule has 0 aliphatic carbocycles. The molecule has 0 unspecified atom stereocenters. The Kier molecular flexibility index (Phi) is 4.97. The average molecular weight is 256 g/mol. The molecule has 2 N–H and O–H groups in total. The van der Waals surface area contributed by atoms with Crippen LogP contribution in [0.4, 0.5) is 0 Å². The van der Waals surface area contributed by atoms with Crippen molar-refractivity contribution in [3.05, 3.63) is 34.3 Å². The van der Waals surface area contributed by atoms with Crippen molar-refractivity contribution in [2.75, 3.05) is 0 Å². The van der Waals surface area contributed by atoms with Crippen molar-refractivity contribution in [2.45, 2.75) is 33.4 Å². The van der Waals surface area contributed by atoms with Crippen molar-refractivity contribution in [3.8, 4) is 0 Å². The Hall–Kier alpha value is -1.06. The van der Waals surface area contributed by atoms with Gasteiger partial charge in [-0.3, -0.25) is 4.79 Å². The van der Waals surface area contributed by atoms with Crippen LogP contribution in [0.2, 0.25) is 5.02 Å². The third-order valence-corrected chi connectivity index (χ3v) is 2.98. The Balaban J connectivity index is 2.69. The van der Waals surface area contributed by atoms with Gasteiger partial charge >= 0.3 is 5.97 Å². The summed E-state index contributed by atoms with van der Waals surface area (Å²) in [5, 5.41) is 12.8. The van der Waals surface area contributed by atoms with Crippen LogP contribution in [0.1, 0.15) is 25.0 Å². The van der Waals surface area contributed by atoms with Gasteiger partial charge in [-0.25, -0.2) is 0 Å². The summed E-state index contributed by atoms with van der Waals surface area (Å²) >= 11 is 5.87. The second-order valence-corrected chi connectivity index (χ2v) is 4.95. The number of carbonyl (C=O) groups is 1. The standard InChI is InChI=1S/C13H18ClNO2/c1-8(2)12(13(16)17)15-7-10-4-5-11(14)6-9(10)3/h4-6,8,12,15H,7H2,1-3H3,(H,16,17)/t12-/m1/s1. The Morgan fingerprint density at radius 1 is 1.47 bits per heavy atom. The third-order valence-electron chi connectivity index (χ3n) is 2.75. The molecule has 1 rings (SSSR count). The van der Waals surface area contributed by atoms with Gasteiger partial charge < -0.3 is 10.4 Å². The lowest BCUT2D eigenvalue weighted by molar-refractivity contribution is -0.140. The fourth-order valence-corrected chi connectivity index (χ4v) is 1.91. The van der Waals surface area contributed by atoms with Gasteiger partial charge in [0.2, 0.25) is 0 Å². The zero-order chi connectivity index (χ0) is 13.0. The van der Waals surface area contributed by atoms with Crippen molar-refractivity contribution in [3.63, 3.8) is 0 Å². The highest BCUT2D eigenvalue weighted by atomic mass is 35.5. The summed E-state index contributed by atoms with van der Waals surface area (Å²) in [6.07, 6.45) is 0. The molecule has 0 amide bonds. The van der Waals surface area contributed by atoms with Crippen molar-refractivity contribution in [2.24, 2.45) is 5.92 Å². The number of rotatable bonds is 5. The molecule has 0 saturated heterocycles. The zero-order valence-corrected chi connectivity index (χ0v) is 11.1. The van der Waals surface area contributed by atoms with Crippen LogP contribution in [0, 0.1) is 12.8 Å². The number of aryl methyl sites for hydroxylation is 1. The smallest absolute Gasteiger partial charge is 0.320 e. The largest absolute Gasteiger partial charge is 0.480 e. The zero-order valence-electron chi connectivity index (χ0n) is 10.3. The van der Waals surface area contributed by atoms with Crippen LogP contribution in [0.15, 0.2) is 18.2 Å². The minimum Gasteiger partial charge on any atom is -0.480 e. The lowest BCUT2D eigenvalue weighted by atomic mass is 10.0. The predicted molar refractivity (Wildman–Crippen MR) is 69.3 cm³/mol. The van der Waals surface area contributed by atoms with Gasteiger partial charge in [0.15, 0.2) is 0 Å². The third kappa shape index (κ3) is 4.02. The van der Waals surface area contributed by atoms with Crippen molar-refractivity contribution < 1.29 is 9.90 Å². The summed E-state index contributed by atoms with van der Waals surface area (Å²) in [7, 11) is 0. The number of carboxylic acid groups (broad SMARTS) is 1. The molecular weight excluding hydrogens is 238 g/mol. The van der Waals surface area contributed by atoms with E-state index in [0.717, 1.165) is 11.1 Å². The van der Waals surface area contributed by atoms with E-state index in [-0.39, 0.29) is 5.92 Å². The first-order chi connectivity index (χ1) is 7.91. The molecule has 0 aliphatic rings. The fraction of sp³-hybridized carbons (Fsp3) is 0.462. The summed E-state index contributed by atoms with van der Waals surface area (Å²) in [4.78, 5) is 11.0. The van der Waals surface area contributed by atoms with E-state index in [1.54, 1.807) is 0 Å². The number of aliphatic carboxylic acids is 1. The van der Waals surface area contributed by atoms with Crippen LogP contribution in [0.3, 0.4) is 0 Å². The summed E-state index contributed by atoms with van der Waals surface area (Å²) in [6, 6.07) is 5.09. The minimum absolute atomic E-state index is 0.0557. The molecule has 1 atom stereocenters. The van der Waals surface area contributed by atoms with E-state index in [4.69, 9.17) is 16.7 Å². The second kappa shape index (κ2) is 6.03. The molecule has 0 heterocycles. The molecular formula is C13H18ClNO2. The summed E-state index contributed by atoms with van der Waals surface area (Å²) in [5.41, 5.74) is 2.14. The Bertz CT molecular complexity index is 404. The van der Waals surface area contributed by atoms with Gasteiger partial charge in [0.05, 0.1) is 0 Å². The maximum absolute atomic E-state index is 11.0. The number of nitrogens with one attached hydrogen (secondary N) is 1. The molecule has 3 nitrogen and oxygen atoms in total. The highest BCUT2D eigenvalue weighted by Gasteiger charge is 2.20. The monoisotopic (exact) mass is 255 g/mol. The first-order valence-electron chi connectivity index (χ1n) is 5.63. The van der Waals surface area contributed by atoms with Crippen molar-refractivity contribution >= 4 is 17.6 Å². The summed E-state index contributed by atoms with van der Waals surface area (Å²) in [5.74, 6) is -0.758. The van der Waals surface area contributed by atoms with Gasteiger partial charge in [0, 0.05) is 11.6 Å². The van der Waals surface area contributed by atoms with Crippen molar-refractivity contribution in [1.29, 1.82) is 0 Å². The Morgan fingerprint density at radius 2 is 2.12 bits per heavy atom. The summed E-state index contributed by atoms with van der Waals surface area (Å²) < 4.78 is 0. The van der Waals surface area contributed by atoms with E-state index < -0.39 is 12.0 Å². The van der Waals surface area contributed by atoms with Crippen molar-refractivity contribution in [1.82, 2.24) is 5.32 Å². The molecule has 0 spiro atoms. The molecule has 1 aromatic rings. The second-order valence-electron chi connectivity index (χ2n) is 4.51. The molecule has 17 heavy (non-hydrogen) atoms. The molecule has 0 fully saturated rings. The molecule has 0 aliphatic heterocycles. The van der Waals surface area contributed by atoms with E-state index in [2.05, 4.69) is 5.32 Å². The van der Waals surface area contributed by atoms with Gasteiger partial charge in [-0.1, -0.05) is 31.5 Å². The maximum Gasteiger partial charge on any atom is 0.320 e. The SMILES string of the molecule is Cc1cc(Cl)ccc1CN[C@@H](C(=O)O)C(C)C.